The Morgan fingerprint density at radius 1 is 1.24 bits per heavy atom. The van der Waals surface area contributed by atoms with Gasteiger partial charge < -0.3 is 10.1 Å². The highest BCUT2D eigenvalue weighted by atomic mass is 32.2. The Hall–Kier alpha value is -2.23. The minimum Gasteiger partial charge on any atom is -0.451 e. The van der Waals surface area contributed by atoms with E-state index in [0.717, 1.165) is 19.3 Å². The van der Waals surface area contributed by atoms with Crippen molar-refractivity contribution in [3.63, 3.8) is 0 Å². The van der Waals surface area contributed by atoms with Crippen LogP contribution in [0.25, 0.3) is 0 Å². The highest BCUT2D eigenvalue weighted by Crippen LogP contribution is 2.30. The molecule has 0 saturated heterocycles. The molecule has 1 aliphatic carbocycles. The third kappa shape index (κ3) is 4.25. The van der Waals surface area contributed by atoms with Crippen molar-refractivity contribution in [2.24, 2.45) is 5.14 Å². The number of thiophene rings is 1. The molecule has 0 fully saturated rings. The van der Waals surface area contributed by atoms with E-state index >= 15 is 0 Å². The van der Waals surface area contributed by atoms with Crippen molar-refractivity contribution in [3.05, 3.63) is 45.6 Å². The van der Waals surface area contributed by atoms with Gasteiger partial charge in [0.1, 0.15) is 4.88 Å². The summed E-state index contributed by atoms with van der Waals surface area (Å²) in [5.74, 6) is -1.10. The van der Waals surface area contributed by atoms with E-state index in [2.05, 4.69) is 5.32 Å². The van der Waals surface area contributed by atoms with Gasteiger partial charge in [-0.05, 0) is 49.1 Å². The number of primary sulfonamides is 1. The van der Waals surface area contributed by atoms with Crippen molar-refractivity contribution in [1.82, 2.24) is 0 Å². The quantitative estimate of drug-likeness (QED) is 0.766. The number of amides is 1. The van der Waals surface area contributed by atoms with Gasteiger partial charge in [0.05, 0.1) is 4.90 Å². The number of carbonyl (C=O) groups excluding carboxylic acids is 2. The van der Waals surface area contributed by atoms with E-state index < -0.39 is 28.5 Å². The molecule has 9 heteroatoms. The number of aryl methyl sites for hydroxylation is 2. The molecule has 1 amide bonds. The maximum absolute atomic E-state index is 12.0. The van der Waals surface area contributed by atoms with Gasteiger partial charge in [-0.25, -0.2) is 18.4 Å². The molecule has 7 nitrogen and oxygen atoms in total. The van der Waals surface area contributed by atoms with E-state index in [4.69, 9.17) is 9.88 Å². The lowest BCUT2D eigenvalue weighted by Crippen LogP contribution is -2.21. The number of hydrogen-bond acceptors (Lipinski definition) is 6. The average molecular weight is 380 g/mol. The van der Waals surface area contributed by atoms with Crippen LogP contribution >= 0.6 is 11.3 Å². The van der Waals surface area contributed by atoms with Crippen molar-refractivity contribution >= 4 is 38.9 Å². The van der Waals surface area contributed by atoms with Gasteiger partial charge in [-0.1, -0.05) is 6.07 Å². The first-order chi connectivity index (χ1) is 11.8. The van der Waals surface area contributed by atoms with Crippen LogP contribution < -0.4 is 10.5 Å². The van der Waals surface area contributed by atoms with Crippen LogP contribution in [0.2, 0.25) is 0 Å². The second kappa shape index (κ2) is 6.95. The topological polar surface area (TPSA) is 116 Å². The third-order valence-electron chi connectivity index (χ3n) is 3.73. The number of rotatable bonds is 5. The molecule has 25 heavy (non-hydrogen) atoms. The van der Waals surface area contributed by atoms with Gasteiger partial charge in [0.15, 0.2) is 6.61 Å². The standard InChI is InChI=1S/C16H16N2O5S2/c17-25(21,22)12-5-2-4-11(8-12)18-15(19)9-23-16(20)14-7-10-3-1-6-13(10)24-14/h2,4-5,7-8H,1,3,6,9H2,(H,18,19)(H2,17,21,22). The monoisotopic (exact) mass is 380 g/mol. The van der Waals surface area contributed by atoms with Gasteiger partial charge in [0.25, 0.3) is 5.91 Å². The highest BCUT2D eigenvalue weighted by Gasteiger charge is 2.20. The normalized spacial score (nSPS) is 13.3. The van der Waals surface area contributed by atoms with Crippen molar-refractivity contribution in [2.45, 2.75) is 24.2 Å². The molecule has 3 rings (SSSR count). The molecule has 0 aliphatic heterocycles. The first kappa shape index (κ1) is 17.6. The summed E-state index contributed by atoms with van der Waals surface area (Å²) >= 11 is 1.40. The summed E-state index contributed by atoms with van der Waals surface area (Å²) in [5.41, 5.74) is 1.43. The maximum Gasteiger partial charge on any atom is 0.348 e. The number of nitrogens with two attached hydrogens (primary N) is 1. The van der Waals surface area contributed by atoms with Gasteiger partial charge in [0, 0.05) is 10.6 Å². The van der Waals surface area contributed by atoms with Crippen LogP contribution in [0, 0.1) is 0 Å². The van der Waals surface area contributed by atoms with Gasteiger partial charge in [-0.3, -0.25) is 4.79 Å². The molecule has 0 atom stereocenters. The van der Waals surface area contributed by atoms with Gasteiger partial charge in [-0.2, -0.15) is 0 Å². The second-order valence-corrected chi connectivity index (χ2v) is 8.31. The molecule has 132 valence electrons. The number of nitrogens with one attached hydrogen (secondary N) is 1. The first-order valence-electron chi connectivity index (χ1n) is 7.54. The largest absolute Gasteiger partial charge is 0.451 e. The number of hydrogen-bond donors (Lipinski definition) is 2. The Kier molecular flexibility index (Phi) is 4.89. The van der Waals surface area contributed by atoms with E-state index in [1.165, 1.54) is 46.0 Å². The summed E-state index contributed by atoms with van der Waals surface area (Å²) in [6.45, 7) is -0.457. The Morgan fingerprint density at radius 2 is 2.04 bits per heavy atom. The zero-order valence-corrected chi connectivity index (χ0v) is 14.8. The van der Waals surface area contributed by atoms with Gasteiger partial charge in [0.2, 0.25) is 10.0 Å². The zero-order valence-electron chi connectivity index (χ0n) is 13.2. The SMILES string of the molecule is NS(=O)(=O)c1cccc(NC(=O)COC(=O)c2cc3c(s2)CCC3)c1. The Bertz CT molecular complexity index is 912. The van der Waals surface area contributed by atoms with Crippen LogP contribution in [-0.4, -0.2) is 26.9 Å². The maximum atomic E-state index is 12.0. The number of anilines is 1. The number of carbonyl (C=O) groups is 2. The van der Waals surface area contributed by atoms with E-state index in [0.29, 0.717) is 4.88 Å². The first-order valence-corrected chi connectivity index (χ1v) is 9.90. The predicted molar refractivity (Wildman–Crippen MR) is 93.1 cm³/mol. The molecule has 0 radical (unpaired) electrons. The van der Waals surface area contributed by atoms with Crippen molar-refractivity contribution in [2.75, 3.05) is 11.9 Å². The lowest BCUT2D eigenvalue weighted by molar-refractivity contribution is -0.119. The molecule has 1 aliphatic rings. The van der Waals surface area contributed by atoms with E-state index in [-0.39, 0.29) is 10.6 Å². The Labute approximate surface area is 148 Å². The zero-order chi connectivity index (χ0) is 18.0. The molecule has 3 N–H and O–H groups in total. The minimum atomic E-state index is -3.86. The van der Waals surface area contributed by atoms with E-state index in [9.17, 15) is 18.0 Å². The van der Waals surface area contributed by atoms with Crippen molar-refractivity contribution in [3.8, 4) is 0 Å². The predicted octanol–water partition coefficient (Wildman–Crippen LogP) is 1.68. The van der Waals surface area contributed by atoms with Gasteiger partial charge >= 0.3 is 5.97 Å². The van der Waals surface area contributed by atoms with Crippen LogP contribution in [0.4, 0.5) is 5.69 Å². The van der Waals surface area contributed by atoms with Crippen molar-refractivity contribution in [1.29, 1.82) is 0 Å². The molecular formula is C16H16N2O5S2. The van der Waals surface area contributed by atoms with Crippen LogP contribution in [0.5, 0.6) is 0 Å². The molecule has 1 heterocycles. The van der Waals surface area contributed by atoms with Crippen LogP contribution in [0.3, 0.4) is 0 Å². The molecule has 0 bridgehead atoms. The smallest absolute Gasteiger partial charge is 0.348 e. The van der Waals surface area contributed by atoms with Crippen LogP contribution in [0.1, 0.15) is 26.5 Å². The minimum absolute atomic E-state index is 0.115. The molecule has 1 aromatic carbocycles. The van der Waals surface area contributed by atoms with Gasteiger partial charge in [-0.15, -0.1) is 11.3 Å². The number of ether oxygens (including phenoxy) is 1. The molecule has 0 unspecified atom stereocenters. The number of fused-ring (bicyclic) bond motifs is 1. The van der Waals surface area contributed by atoms with Crippen LogP contribution in [-0.2, 0) is 32.4 Å². The fraction of sp³-hybridized carbons (Fsp3) is 0.250. The molecule has 0 spiro atoms. The second-order valence-electron chi connectivity index (χ2n) is 5.61. The summed E-state index contributed by atoms with van der Waals surface area (Å²) in [7, 11) is -3.86. The Balaban J connectivity index is 1.56. The molecule has 1 aromatic heterocycles. The lowest BCUT2D eigenvalue weighted by atomic mass is 10.2. The number of benzene rings is 1. The lowest BCUT2D eigenvalue weighted by Gasteiger charge is -2.07. The number of esters is 1. The summed E-state index contributed by atoms with van der Waals surface area (Å²) in [6, 6.07) is 7.34. The molecule has 2 aromatic rings. The van der Waals surface area contributed by atoms with E-state index in [1.807, 2.05) is 6.07 Å². The third-order valence-corrected chi connectivity index (χ3v) is 5.86. The summed E-state index contributed by atoms with van der Waals surface area (Å²) in [5, 5.41) is 7.51. The molecular weight excluding hydrogens is 364 g/mol. The average Bonchev–Trinajstić information content (AvgIpc) is 3.13. The highest BCUT2D eigenvalue weighted by molar-refractivity contribution is 7.89. The fourth-order valence-corrected chi connectivity index (χ4v) is 4.29. The molecule has 0 saturated carbocycles. The number of sulfonamides is 1. The summed E-state index contributed by atoms with van der Waals surface area (Å²) in [6.07, 6.45) is 3.06. The Morgan fingerprint density at radius 3 is 2.76 bits per heavy atom. The van der Waals surface area contributed by atoms with Crippen molar-refractivity contribution < 1.29 is 22.7 Å². The fourth-order valence-electron chi connectivity index (χ4n) is 2.58. The van der Waals surface area contributed by atoms with E-state index in [1.54, 1.807) is 0 Å². The summed E-state index contributed by atoms with van der Waals surface area (Å²) in [4.78, 5) is 25.5. The summed E-state index contributed by atoms with van der Waals surface area (Å²) < 4.78 is 27.6. The van der Waals surface area contributed by atoms with Crippen LogP contribution in [0.15, 0.2) is 35.2 Å².